The molecule has 0 radical (unpaired) electrons. The van der Waals surface area contributed by atoms with Crippen LogP contribution in [0.4, 0.5) is 0 Å². The predicted molar refractivity (Wildman–Crippen MR) is 52.4 cm³/mol. The largest absolute Gasteiger partial charge is 0.467 e. The summed E-state index contributed by atoms with van der Waals surface area (Å²) in [7, 11) is -5.82. The lowest BCUT2D eigenvalue weighted by Gasteiger charge is -2.12. The van der Waals surface area contributed by atoms with Crippen LogP contribution < -0.4 is 0 Å². The van der Waals surface area contributed by atoms with Crippen molar-refractivity contribution >= 4 is 24.1 Å². The maximum absolute atomic E-state index is 11.3. The fraction of sp³-hybridized carbons (Fsp3) is 0.833. The third-order valence-corrected chi connectivity index (χ3v) is 3.25. The molecule has 15 heavy (non-hydrogen) atoms. The highest BCUT2D eigenvalue weighted by atomic mass is 32.2. The maximum Gasteiger partial charge on any atom is 0.346 e. The number of ether oxygens (including phenoxy) is 1. The second-order valence-corrected chi connectivity index (χ2v) is 5.51. The molecule has 0 fully saturated rings. The van der Waals surface area contributed by atoms with Crippen LogP contribution in [0, 0.1) is 0 Å². The van der Waals surface area contributed by atoms with Crippen LogP contribution in [0.25, 0.3) is 0 Å². The van der Waals surface area contributed by atoms with E-state index in [-0.39, 0.29) is 6.61 Å². The molecule has 7 nitrogen and oxygen atoms in total. The maximum atomic E-state index is 11.3. The molecule has 0 aromatic rings. The minimum absolute atomic E-state index is 0.0818. The molecule has 0 amide bonds. The molecular formula is C6H13O7PS. The van der Waals surface area contributed by atoms with Crippen LogP contribution in [-0.4, -0.2) is 40.2 Å². The smallest absolute Gasteiger partial charge is 0.346 e. The van der Waals surface area contributed by atoms with E-state index in [1.54, 1.807) is 6.92 Å². The molecule has 90 valence electrons. The molecule has 2 atom stereocenters. The zero-order valence-corrected chi connectivity index (χ0v) is 10.4. The topological polar surface area (TPSA) is 96.0 Å². The number of hydrogen-bond donors (Lipinski definition) is 0. The first kappa shape index (κ1) is 14.6. The molecule has 0 N–H and O–H groups in total. The lowest BCUT2D eigenvalue weighted by molar-refractivity contribution is -0.145. The molecule has 0 saturated carbocycles. The minimum atomic E-state index is -3.90. The van der Waals surface area contributed by atoms with Gasteiger partial charge in [-0.05, 0) is 6.92 Å². The first-order valence-corrected chi connectivity index (χ1v) is 7.15. The first-order valence-electron chi connectivity index (χ1n) is 3.94. The van der Waals surface area contributed by atoms with E-state index in [9.17, 15) is 17.8 Å². The van der Waals surface area contributed by atoms with Crippen LogP contribution >= 0.6 is 8.03 Å². The molecular weight excluding hydrogens is 247 g/mol. The SMILES string of the molecule is CCO[PH](=O)C(OS(C)(=O)=O)C(=O)OC. The summed E-state index contributed by atoms with van der Waals surface area (Å²) in [6, 6.07) is 0. The summed E-state index contributed by atoms with van der Waals surface area (Å²) >= 11 is 0. The zero-order chi connectivity index (χ0) is 12.1. The molecule has 0 aromatic heterocycles. The van der Waals surface area contributed by atoms with Crippen LogP contribution in [0.3, 0.4) is 0 Å². The Morgan fingerprint density at radius 3 is 2.33 bits per heavy atom. The molecule has 0 aromatic carbocycles. The first-order chi connectivity index (χ1) is 6.81. The van der Waals surface area contributed by atoms with Crippen LogP contribution in [-0.2, 0) is 32.9 Å². The monoisotopic (exact) mass is 260 g/mol. The van der Waals surface area contributed by atoms with Gasteiger partial charge in [0, 0.05) is 0 Å². The quantitative estimate of drug-likeness (QED) is 0.376. The van der Waals surface area contributed by atoms with Crippen molar-refractivity contribution in [3.63, 3.8) is 0 Å². The van der Waals surface area contributed by atoms with Gasteiger partial charge in [0.15, 0.2) is 0 Å². The van der Waals surface area contributed by atoms with Gasteiger partial charge in [0.1, 0.15) is 0 Å². The van der Waals surface area contributed by atoms with Crippen molar-refractivity contribution < 1.29 is 31.2 Å². The lowest BCUT2D eigenvalue weighted by atomic mass is 10.7. The number of rotatable bonds is 6. The van der Waals surface area contributed by atoms with Gasteiger partial charge in [0.25, 0.3) is 10.1 Å². The Bertz CT molecular complexity index is 335. The van der Waals surface area contributed by atoms with E-state index in [4.69, 9.17) is 0 Å². The van der Waals surface area contributed by atoms with Gasteiger partial charge in [0.05, 0.1) is 20.0 Å². The van der Waals surface area contributed by atoms with E-state index < -0.39 is 30.0 Å². The third-order valence-electron chi connectivity index (χ3n) is 1.19. The molecule has 2 unspecified atom stereocenters. The van der Waals surface area contributed by atoms with Crippen molar-refractivity contribution in [2.24, 2.45) is 0 Å². The number of hydrogen-bond acceptors (Lipinski definition) is 7. The van der Waals surface area contributed by atoms with Crippen molar-refractivity contribution in [2.45, 2.75) is 12.8 Å². The summed E-state index contributed by atoms with van der Waals surface area (Å²) in [5.74, 6) is -2.76. The van der Waals surface area contributed by atoms with Gasteiger partial charge >= 0.3 is 5.97 Å². The number of methoxy groups -OCH3 is 1. The van der Waals surface area contributed by atoms with Gasteiger partial charge < -0.3 is 9.26 Å². The number of carbonyl (C=O) groups excluding carboxylic acids is 1. The molecule has 0 heterocycles. The summed E-state index contributed by atoms with van der Waals surface area (Å²) in [6.07, 6.45) is 0.740. The highest BCUT2D eigenvalue weighted by molar-refractivity contribution is 7.86. The molecule has 0 saturated heterocycles. The van der Waals surface area contributed by atoms with Gasteiger partial charge in [-0.15, -0.1) is 0 Å². The van der Waals surface area contributed by atoms with Crippen molar-refractivity contribution in [1.29, 1.82) is 0 Å². The predicted octanol–water partition coefficient (Wildman–Crippen LogP) is -0.0271. The summed E-state index contributed by atoms with van der Waals surface area (Å²) in [6.45, 7) is 1.63. The van der Waals surface area contributed by atoms with Crippen molar-refractivity contribution in [3.05, 3.63) is 0 Å². The molecule has 0 aliphatic carbocycles. The lowest BCUT2D eigenvalue weighted by Crippen LogP contribution is -2.25. The highest BCUT2D eigenvalue weighted by Crippen LogP contribution is 2.31. The fourth-order valence-electron chi connectivity index (χ4n) is 0.675. The third kappa shape index (κ3) is 5.88. The molecule has 0 bridgehead atoms. The van der Waals surface area contributed by atoms with Gasteiger partial charge in [-0.2, -0.15) is 8.42 Å². The van der Waals surface area contributed by atoms with E-state index in [1.807, 2.05) is 0 Å². The van der Waals surface area contributed by atoms with Crippen LogP contribution in [0.15, 0.2) is 0 Å². The zero-order valence-electron chi connectivity index (χ0n) is 8.55. The Balaban J connectivity index is 4.74. The molecule has 9 heteroatoms. The molecule has 0 aliphatic rings. The van der Waals surface area contributed by atoms with Crippen molar-refractivity contribution in [2.75, 3.05) is 20.0 Å². The highest BCUT2D eigenvalue weighted by Gasteiger charge is 2.31. The van der Waals surface area contributed by atoms with Crippen molar-refractivity contribution in [3.8, 4) is 0 Å². The fourth-order valence-corrected chi connectivity index (χ4v) is 2.69. The second kappa shape index (κ2) is 6.22. The normalized spacial score (nSPS) is 15.7. The standard InChI is InChI=1S/C6H13O7PS/c1-4-12-14(8)6(5(7)11-2)13-15(3,9)10/h6,14H,4H2,1-3H3. The molecule has 0 spiro atoms. The van der Waals surface area contributed by atoms with Crippen LogP contribution in [0.1, 0.15) is 6.92 Å². The van der Waals surface area contributed by atoms with Gasteiger partial charge in [-0.1, -0.05) is 0 Å². The van der Waals surface area contributed by atoms with E-state index in [1.165, 1.54) is 0 Å². The van der Waals surface area contributed by atoms with Gasteiger partial charge in [0.2, 0.25) is 13.9 Å². The van der Waals surface area contributed by atoms with Crippen LogP contribution in [0.5, 0.6) is 0 Å². The molecule has 0 aliphatic heterocycles. The van der Waals surface area contributed by atoms with Crippen LogP contribution in [0.2, 0.25) is 0 Å². The van der Waals surface area contributed by atoms with E-state index in [0.29, 0.717) is 0 Å². The number of esters is 1. The average molecular weight is 260 g/mol. The van der Waals surface area contributed by atoms with Gasteiger partial charge in [-0.3, -0.25) is 4.57 Å². The summed E-state index contributed by atoms with van der Waals surface area (Å²) < 4.78 is 46.0. The second-order valence-electron chi connectivity index (χ2n) is 2.46. The summed E-state index contributed by atoms with van der Waals surface area (Å²) in [5, 5.41) is 0. The van der Waals surface area contributed by atoms with Crippen molar-refractivity contribution in [1.82, 2.24) is 0 Å². The van der Waals surface area contributed by atoms with E-state index in [2.05, 4.69) is 13.4 Å². The average Bonchev–Trinajstić information content (AvgIpc) is 2.12. The Morgan fingerprint density at radius 2 is 2.00 bits per heavy atom. The number of carbonyl (C=O) groups is 1. The Labute approximate surface area is 88.7 Å². The minimum Gasteiger partial charge on any atom is -0.467 e. The van der Waals surface area contributed by atoms with E-state index in [0.717, 1.165) is 13.4 Å². The Kier molecular flexibility index (Phi) is 6.04. The summed E-state index contributed by atoms with van der Waals surface area (Å²) in [4.78, 5) is 11.0. The molecule has 0 rings (SSSR count). The van der Waals surface area contributed by atoms with E-state index >= 15 is 0 Å². The Morgan fingerprint density at radius 1 is 1.47 bits per heavy atom. The summed E-state index contributed by atoms with van der Waals surface area (Å²) in [5.41, 5.74) is 0. The van der Waals surface area contributed by atoms with Gasteiger partial charge in [-0.25, -0.2) is 8.98 Å². The Hall–Kier alpha value is -0.430.